The first-order valence-electron chi connectivity index (χ1n) is 12.9. The number of para-hydroxylation sites is 2. The van der Waals surface area contributed by atoms with Crippen LogP contribution in [0.2, 0.25) is 0 Å². The number of fused-ring (bicyclic) bond motifs is 4. The molecule has 0 saturated carbocycles. The molecular weight excluding hydrogens is 466 g/mol. The van der Waals surface area contributed by atoms with Crippen molar-refractivity contribution in [3.8, 4) is 28.2 Å². The molecule has 184 valence electrons. The Kier molecular flexibility index (Phi) is 4.98. The zero-order valence-corrected chi connectivity index (χ0v) is 21.6. The van der Waals surface area contributed by atoms with Gasteiger partial charge in [0.25, 0.3) is 0 Å². The molecule has 0 spiro atoms. The molecule has 7 aromatic rings. The molecule has 0 amide bonds. The number of rotatable bonds is 3. The topological polar surface area (TPSA) is 43.9 Å². The van der Waals surface area contributed by atoms with E-state index in [2.05, 4.69) is 116 Å². The molecule has 3 aromatic heterocycles. The third kappa shape index (κ3) is 3.60. The van der Waals surface area contributed by atoms with Crippen molar-refractivity contribution in [3.63, 3.8) is 0 Å². The van der Waals surface area contributed by atoms with Crippen LogP contribution in [-0.2, 0) is 5.41 Å². The van der Waals surface area contributed by atoms with Crippen molar-refractivity contribution in [2.75, 3.05) is 0 Å². The predicted molar refractivity (Wildman–Crippen MR) is 156 cm³/mol. The molecule has 4 aromatic carbocycles. The number of pyridine rings is 1. The van der Waals surface area contributed by atoms with E-state index in [-0.39, 0.29) is 5.41 Å². The lowest BCUT2D eigenvalue weighted by molar-refractivity contribution is 0.570. The summed E-state index contributed by atoms with van der Waals surface area (Å²) in [7, 11) is 0. The zero-order valence-electron chi connectivity index (χ0n) is 21.6. The van der Waals surface area contributed by atoms with Crippen LogP contribution in [0, 0.1) is 0 Å². The van der Waals surface area contributed by atoms with Gasteiger partial charge in [0.05, 0.1) is 22.8 Å². The second-order valence-electron chi connectivity index (χ2n) is 10.8. The molecule has 0 aliphatic rings. The maximum absolute atomic E-state index is 6.60. The number of benzene rings is 4. The summed E-state index contributed by atoms with van der Waals surface area (Å²) in [4.78, 5) is 10.0. The molecule has 0 bridgehead atoms. The molecule has 0 unspecified atom stereocenters. The summed E-state index contributed by atoms with van der Waals surface area (Å²) in [5.74, 6) is 0.840. The second kappa shape index (κ2) is 8.42. The summed E-state index contributed by atoms with van der Waals surface area (Å²) >= 11 is 0. The molecular formula is C34H27N3O. The molecule has 0 N–H and O–H groups in total. The van der Waals surface area contributed by atoms with Gasteiger partial charge in [0.2, 0.25) is 0 Å². The van der Waals surface area contributed by atoms with Gasteiger partial charge in [-0.05, 0) is 47.5 Å². The molecule has 0 radical (unpaired) electrons. The lowest BCUT2D eigenvalue weighted by Crippen LogP contribution is -2.13. The van der Waals surface area contributed by atoms with Crippen molar-refractivity contribution in [2.24, 2.45) is 0 Å². The molecule has 0 atom stereocenters. The third-order valence-electron chi connectivity index (χ3n) is 7.17. The Labute approximate surface area is 221 Å². The van der Waals surface area contributed by atoms with Gasteiger partial charge in [0.1, 0.15) is 17.0 Å². The van der Waals surface area contributed by atoms with E-state index in [1.165, 1.54) is 5.56 Å². The minimum atomic E-state index is -0.0694. The van der Waals surface area contributed by atoms with E-state index in [4.69, 9.17) is 14.4 Å². The molecule has 0 aliphatic heterocycles. The lowest BCUT2D eigenvalue weighted by atomic mass is 9.91. The van der Waals surface area contributed by atoms with Gasteiger partial charge in [-0.25, -0.2) is 4.98 Å². The van der Waals surface area contributed by atoms with Gasteiger partial charge in [-0.3, -0.25) is 9.55 Å². The average Bonchev–Trinajstić information content (AvgIpc) is 3.51. The quantitative estimate of drug-likeness (QED) is 0.247. The Morgan fingerprint density at radius 1 is 0.711 bits per heavy atom. The Morgan fingerprint density at radius 2 is 1.47 bits per heavy atom. The van der Waals surface area contributed by atoms with Crippen molar-refractivity contribution >= 4 is 33.0 Å². The van der Waals surface area contributed by atoms with Crippen LogP contribution in [0.3, 0.4) is 0 Å². The van der Waals surface area contributed by atoms with Crippen LogP contribution in [0.15, 0.2) is 114 Å². The van der Waals surface area contributed by atoms with Crippen LogP contribution in [0.4, 0.5) is 0 Å². The van der Waals surface area contributed by atoms with E-state index in [1.54, 1.807) is 0 Å². The minimum absolute atomic E-state index is 0.0694. The first-order valence-corrected chi connectivity index (χ1v) is 12.9. The van der Waals surface area contributed by atoms with Crippen LogP contribution in [0.5, 0.6) is 0 Å². The summed E-state index contributed by atoms with van der Waals surface area (Å²) in [6, 6.07) is 35.6. The standard InChI is InChI=1S/C34H27N3O/c1-34(2,3)31-20-28-29(21-35-31)37(24-13-8-5-9-14-24)33(36-28)27-16-10-15-26-25-18-17-23(19-30(25)38-32(26)27)22-11-6-4-7-12-22/h4-21H,1-3H3. The highest BCUT2D eigenvalue weighted by molar-refractivity contribution is 6.10. The number of imidazole rings is 1. The lowest BCUT2D eigenvalue weighted by Gasteiger charge is -2.17. The summed E-state index contributed by atoms with van der Waals surface area (Å²) in [5.41, 5.74) is 8.84. The van der Waals surface area contributed by atoms with Gasteiger partial charge in [-0.1, -0.05) is 87.5 Å². The van der Waals surface area contributed by atoms with E-state index in [9.17, 15) is 0 Å². The van der Waals surface area contributed by atoms with E-state index in [0.717, 1.165) is 61.3 Å². The van der Waals surface area contributed by atoms with Crippen molar-refractivity contribution in [2.45, 2.75) is 26.2 Å². The second-order valence-corrected chi connectivity index (χ2v) is 10.8. The Morgan fingerprint density at radius 3 is 2.24 bits per heavy atom. The number of aromatic nitrogens is 3. The van der Waals surface area contributed by atoms with Crippen molar-refractivity contribution in [1.29, 1.82) is 0 Å². The molecule has 7 rings (SSSR count). The smallest absolute Gasteiger partial charge is 0.149 e. The van der Waals surface area contributed by atoms with Gasteiger partial charge < -0.3 is 4.42 Å². The van der Waals surface area contributed by atoms with Crippen LogP contribution < -0.4 is 0 Å². The van der Waals surface area contributed by atoms with Crippen LogP contribution in [0.25, 0.3) is 61.2 Å². The highest BCUT2D eigenvalue weighted by Crippen LogP contribution is 2.39. The van der Waals surface area contributed by atoms with Gasteiger partial charge in [-0.15, -0.1) is 0 Å². The Hall–Kier alpha value is -4.70. The van der Waals surface area contributed by atoms with E-state index < -0.39 is 0 Å². The monoisotopic (exact) mass is 493 g/mol. The Bertz CT molecular complexity index is 1940. The normalized spacial score (nSPS) is 12.1. The molecule has 4 heteroatoms. The zero-order chi connectivity index (χ0) is 25.9. The fourth-order valence-corrected chi connectivity index (χ4v) is 5.19. The molecule has 38 heavy (non-hydrogen) atoms. The van der Waals surface area contributed by atoms with Crippen molar-refractivity contribution in [1.82, 2.24) is 14.5 Å². The summed E-state index contributed by atoms with van der Waals surface area (Å²) < 4.78 is 8.78. The van der Waals surface area contributed by atoms with Crippen LogP contribution >= 0.6 is 0 Å². The van der Waals surface area contributed by atoms with E-state index >= 15 is 0 Å². The third-order valence-corrected chi connectivity index (χ3v) is 7.17. The van der Waals surface area contributed by atoms with E-state index in [0.29, 0.717) is 0 Å². The highest BCUT2D eigenvalue weighted by Gasteiger charge is 2.22. The fourth-order valence-electron chi connectivity index (χ4n) is 5.19. The highest BCUT2D eigenvalue weighted by atomic mass is 16.3. The van der Waals surface area contributed by atoms with Gasteiger partial charge in [0, 0.05) is 27.6 Å². The summed E-state index contributed by atoms with van der Waals surface area (Å²) in [6.07, 6.45) is 1.95. The van der Waals surface area contributed by atoms with E-state index in [1.807, 2.05) is 18.3 Å². The predicted octanol–water partition coefficient (Wildman–Crippen LogP) is 8.95. The number of hydrogen-bond acceptors (Lipinski definition) is 3. The number of nitrogens with zero attached hydrogens (tertiary/aromatic N) is 3. The van der Waals surface area contributed by atoms with Crippen LogP contribution in [0.1, 0.15) is 26.5 Å². The molecule has 0 aliphatic carbocycles. The largest absolute Gasteiger partial charge is 0.455 e. The first kappa shape index (κ1) is 22.5. The fraction of sp³-hybridized carbons (Fsp3) is 0.118. The maximum Gasteiger partial charge on any atom is 0.149 e. The van der Waals surface area contributed by atoms with Gasteiger partial charge in [-0.2, -0.15) is 0 Å². The van der Waals surface area contributed by atoms with Gasteiger partial charge >= 0.3 is 0 Å². The van der Waals surface area contributed by atoms with Gasteiger partial charge in [0.15, 0.2) is 0 Å². The molecule has 0 saturated heterocycles. The SMILES string of the molecule is CC(C)(C)c1cc2nc(-c3cccc4c3oc3cc(-c5ccccc5)ccc34)n(-c3ccccc3)c2cn1. The summed E-state index contributed by atoms with van der Waals surface area (Å²) in [5, 5.41) is 2.18. The first-order chi connectivity index (χ1) is 18.5. The number of furan rings is 1. The summed E-state index contributed by atoms with van der Waals surface area (Å²) in [6.45, 7) is 6.53. The number of hydrogen-bond donors (Lipinski definition) is 0. The Balaban J connectivity index is 1.49. The molecule has 0 fully saturated rings. The van der Waals surface area contributed by atoms with Crippen molar-refractivity contribution < 1.29 is 4.42 Å². The maximum atomic E-state index is 6.60. The molecule has 3 heterocycles. The minimum Gasteiger partial charge on any atom is -0.455 e. The molecule has 4 nitrogen and oxygen atoms in total. The van der Waals surface area contributed by atoms with Crippen LogP contribution in [-0.4, -0.2) is 14.5 Å². The average molecular weight is 494 g/mol. The van der Waals surface area contributed by atoms with Crippen molar-refractivity contribution in [3.05, 3.63) is 115 Å².